The van der Waals surface area contributed by atoms with Gasteiger partial charge in [-0.25, -0.2) is 4.98 Å². The van der Waals surface area contributed by atoms with Crippen molar-refractivity contribution in [3.05, 3.63) is 12.1 Å². The SMILES string of the molecule is CC(=O)NCCNc1nc(N2CC(O)CC2NC=O)ccc1N. The minimum Gasteiger partial charge on any atom is -0.396 e. The van der Waals surface area contributed by atoms with Crippen LogP contribution in [0.2, 0.25) is 0 Å². The molecule has 6 N–H and O–H groups in total. The maximum Gasteiger partial charge on any atom is 0.216 e. The van der Waals surface area contributed by atoms with E-state index in [1.54, 1.807) is 12.1 Å². The summed E-state index contributed by atoms with van der Waals surface area (Å²) in [5, 5.41) is 18.2. The molecule has 1 fully saturated rings. The minimum atomic E-state index is -0.525. The summed E-state index contributed by atoms with van der Waals surface area (Å²) in [6.07, 6.45) is 0.226. The van der Waals surface area contributed by atoms with Crippen LogP contribution in [0.25, 0.3) is 0 Å². The number of rotatable bonds is 7. The predicted octanol–water partition coefficient (Wildman–Crippen LogP) is -1.15. The van der Waals surface area contributed by atoms with Crippen molar-refractivity contribution in [2.24, 2.45) is 0 Å². The molecule has 2 rings (SSSR count). The Hall–Kier alpha value is -2.55. The molecule has 2 amide bonds. The number of aromatic nitrogens is 1. The van der Waals surface area contributed by atoms with E-state index in [4.69, 9.17) is 5.73 Å². The highest BCUT2D eigenvalue weighted by molar-refractivity contribution is 5.72. The highest BCUT2D eigenvalue weighted by Crippen LogP contribution is 2.26. The summed E-state index contributed by atoms with van der Waals surface area (Å²) in [4.78, 5) is 27.8. The molecule has 9 nitrogen and oxygen atoms in total. The fraction of sp³-hybridized carbons (Fsp3) is 0.500. The third kappa shape index (κ3) is 4.46. The van der Waals surface area contributed by atoms with Crippen molar-refractivity contribution in [2.45, 2.75) is 25.6 Å². The molecular weight excluding hydrogens is 300 g/mol. The van der Waals surface area contributed by atoms with Crippen LogP contribution in [0.15, 0.2) is 12.1 Å². The molecule has 1 aromatic rings. The van der Waals surface area contributed by atoms with Crippen LogP contribution in [-0.4, -0.2) is 54.3 Å². The summed E-state index contributed by atoms with van der Waals surface area (Å²) in [5.41, 5.74) is 6.38. The van der Waals surface area contributed by atoms with E-state index in [9.17, 15) is 14.7 Å². The van der Waals surface area contributed by atoms with Gasteiger partial charge in [0.05, 0.1) is 11.8 Å². The normalized spacial score (nSPS) is 20.2. The Balaban J connectivity index is 2.06. The molecule has 23 heavy (non-hydrogen) atoms. The number of carbonyl (C=O) groups excluding carboxylic acids is 2. The summed E-state index contributed by atoms with van der Waals surface area (Å²) in [6.45, 7) is 2.77. The molecule has 1 aliphatic rings. The van der Waals surface area contributed by atoms with Gasteiger partial charge in [-0.05, 0) is 12.1 Å². The average molecular weight is 322 g/mol. The molecule has 0 bridgehead atoms. The second kappa shape index (κ2) is 7.63. The van der Waals surface area contributed by atoms with E-state index in [-0.39, 0.29) is 12.1 Å². The van der Waals surface area contributed by atoms with Gasteiger partial charge in [-0.3, -0.25) is 9.59 Å². The number of nitrogens with one attached hydrogen (secondary N) is 3. The van der Waals surface area contributed by atoms with Crippen molar-refractivity contribution in [1.82, 2.24) is 15.6 Å². The monoisotopic (exact) mass is 322 g/mol. The second-order valence-electron chi connectivity index (χ2n) is 5.36. The number of hydrogen-bond donors (Lipinski definition) is 5. The Morgan fingerprint density at radius 2 is 2.30 bits per heavy atom. The number of nitrogens with zero attached hydrogens (tertiary/aromatic N) is 2. The third-order valence-electron chi connectivity index (χ3n) is 3.54. The van der Waals surface area contributed by atoms with E-state index >= 15 is 0 Å². The Bertz CT molecular complexity index is 567. The Kier molecular flexibility index (Phi) is 5.58. The van der Waals surface area contributed by atoms with Crippen LogP contribution in [0, 0.1) is 0 Å². The van der Waals surface area contributed by atoms with Crippen molar-refractivity contribution in [1.29, 1.82) is 0 Å². The number of β-amino-alcohol motifs (C(OH)–C–C–N with tert-alkyl or cyclic N) is 1. The first-order chi connectivity index (χ1) is 11.0. The molecule has 126 valence electrons. The summed E-state index contributed by atoms with van der Waals surface area (Å²) in [6, 6.07) is 3.46. The van der Waals surface area contributed by atoms with E-state index in [2.05, 4.69) is 20.9 Å². The van der Waals surface area contributed by atoms with E-state index in [0.717, 1.165) is 0 Å². The van der Waals surface area contributed by atoms with E-state index in [1.165, 1.54) is 6.92 Å². The van der Waals surface area contributed by atoms with Crippen LogP contribution >= 0.6 is 0 Å². The topological polar surface area (TPSA) is 133 Å². The molecular formula is C14H22N6O3. The fourth-order valence-corrected chi connectivity index (χ4v) is 2.48. The largest absolute Gasteiger partial charge is 0.396 e. The number of carbonyl (C=O) groups is 2. The third-order valence-corrected chi connectivity index (χ3v) is 3.54. The summed E-state index contributed by atoms with van der Waals surface area (Å²) < 4.78 is 0. The molecule has 0 spiro atoms. The Morgan fingerprint density at radius 3 is 3.00 bits per heavy atom. The number of amides is 2. The molecule has 2 atom stereocenters. The van der Waals surface area contributed by atoms with Gasteiger partial charge < -0.3 is 31.7 Å². The van der Waals surface area contributed by atoms with Gasteiger partial charge in [0, 0.05) is 33.0 Å². The van der Waals surface area contributed by atoms with E-state index in [1.807, 2.05) is 4.90 Å². The number of nitrogen functional groups attached to an aromatic ring is 1. The van der Waals surface area contributed by atoms with Gasteiger partial charge in [0.2, 0.25) is 12.3 Å². The Labute approximate surface area is 134 Å². The van der Waals surface area contributed by atoms with E-state index in [0.29, 0.717) is 49.8 Å². The highest BCUT2D eigenvalue weighted by Gasteiger charge is 2.31. The molecule has 0 aromatic carbocycles. The zero-order valence-electron chi connectivity index (χ0n) is 13.0. The fourth-order valence-electron chi connectivity index (χ4n) is 2.48. The van der Waals surface area contributed by atoms with Crippen molar-refractivity contribution in [3.63, 3.8) is 0 Å². The minimum absolute atomic E-state index is 0.102. The number of aliphatic hydroxyl groups excluding tert-OH is 1. The second-order valence-corrected chi connectivity index (χ2v) is 5.36. The van der Waals surface area contributed by atoms with Crippen molar-refractivity contribution >= 4 is 29.6 Å². The summed E-state index contributed by atoms with van der Waals surface area (Å²) >= 11 is 0. The maximum atomic E-state index is 10.8. The average Bonchev–Trinajstić information content (AvgIpc) is 2.86. The number of anilines is 3. The van der Waals surface area contributed by atoms with Gasteiger partial charge in [-0.2, -0.15) is 0 Å². The van der Waals surface area contributed by atoms with Gasteiger partial charge in [-0.15, -0.1) is 0 Å². The number of nitrogens with two attached hydrogens (primary N) is 1. The smallest absolute Gasteiger partial charge is 0.216 e. The summed E-state index contributed by atoms with van der Waals surface area (Å²) in [7, 11) is 0. The van der Waals surface area contributed by atoms with Crippen molar-refractivity contribution in [2.75, 3.05) is 35.6 Å². The van der Waals surface area contributed by atoms with Gasteiger partial charge in [0.15, 0.2) is 5.82 Å². The van der Waals surface area contributed by atoms with Crippen molar-refractivity contribution < 1.29 is 14.7 Å². The molecule has 0 aliphatic carbocycles. The van der Waals surface area contributed by atoms with Crippen LogP contribution in [-0.2, 0) is 9.59 Å². The standard InChI is InChI=1S/C14H22N6O3/c1-9(22)16-4-5-17-14-11(15)2-3-12(19-14)20-7-10(23)6-13(20)18-8-21/h2-3,8,10,13,23H,4-7,15H2,1H3,(H,16,22)(H,17,19)(H,18,21). The molecule has 0 saturated carbocycles. The van der Waals surface area contributed by atoms with E-state index < -0.39 is 6.10 Å². The van der Waals surface area contributed by atoms with Gasteiger partial charge in [-0.1, -0.05) is 0 Å². The number of hydrogen-bond acceptors (Lipinski definition) is 7. The lowest BCUT2D eigenvalue weighted by Crippen LogP contribution is -2.41. The molecule has 1 aromatic heterocycles. The van der Waals surface area contributed by atoms with Gasteiger partial charge in [0.25, 0.3) is 0 Å². The quantitative estimate of drug-likeness (QED) is 0.316. The first-order valence-corrected chi connectivity index (χ1v) is 7.40. The van der Waals surface area contributed by atoms with Crippen molar-refractivity contribution in [3.8, 4) is 0 Å². The first kappa shape index (κ1) is 16.8. The van der Waals surface area contributed by atoms with Gasteiger partial charge in [0.1, 0.15) is 12.0 Å². The zero-order valence-corrected chi connectivity index (χ0v) is 13.0. The lowest BCUT2D eigenvalue weighted by atomic mass is 10.3. The Morgan fingerprint density at radius 1 is 1.52 bits per heavy atom. The highest BCUT2D eigenvalue weighted by atomic mass is 16.3. The molecule has 1 saturated heterocycles. The number of pyridine rings is 1. The summed E-state index contributed by atoms with van der Waals surface area (Å²) in [5.74, 6) is 1.01. The van der Waals surface area contributed by atoms with Gasteiger partial charge >= 0.3 is 0 Å². The molecule has 2 heterocycles. The lowest BCUT2D eigenvalue weighted by molar-refractivity contribution is -0.118. The predicted molar refractivity (Wildman–Crippen MR) is 86.8 cm³/mol. The van der Waals surface area contributed by atoms with Crippen LogP contribution in [0.1, 0.15) is 13.3 Å². The molecule has 9 heteroatoms. The van der Waals surface area contributed by atoms with Crippen LogP contribution in [0.4, 0.5) is 17.3 Å². The molecule has 0 radical (unpaired) electrons. The first-order valence-electron chi connectivity index (χ1n) is 7.40. The van der Waals surface area contributed by atoms with Crippen LogP contribution in [0.3, 0.4) is 0 Å². The molecule has 1 aliphatic heterocycles. The zero-order chi connectivity index (χ0) is 16.8. The number of aliphatic hydroxyl groups is 1. The molecule has 2 unspecified atom stereocenters. The lowest BCUT2D eigenvalue weighted by Gasteiger charge is -2.25. The van der Waals surface area contributed by atoms with Crippen LogP contribution < -0.4 is 26.6 Å². The maximum absolute atomic E-state index is 10.8. The van der Waals surface area contributed by atoms with Crippen LogP contribution in [0.5, 0.6) is 0 Å².